The highest BCUT2D eigenvalue weighted by Crippen LogP contribution is 2.33. The molecular weight excluding hydrogens is 262 g/mol. The predicted molar refractivity (Wildman–Crippen MR) is 87.0 cm³/mol. The molecule has 1 aliphatic rings. The van der Waals surface area contributed by atoms with Crippen molar-refractivity contribution in [3.63, 3.8) is 0 Å². The van der Waals surface area contributed by atoms with E-state index in [1.165, 1.54) is 31.2 Å². The molecule has 0 aromatic heterocycles. The van der Waals surface area contributed by atoms with Crippen LogP contribution in [0.4, 0.5) is 0 Å². The van der Waals surface area contributed by atoms with E-state index in [1.807, 2.05) is 12.1 Å². The highest BCUT2D eigenvalue weighted by molar-refractivity contribution is 5.46. The molecule has 21 heavy (non-hydrogen) atoms. The molecular formula is C18H29NO2. The first kappa shape index (κ1) is 16.2. The fourth-order valence-corrected chi connectivity index (χ4v) is 3.54. The molecule has 1 aromatic carbocycles. The molecule has 118 valence electrons. The number of hydrogen-bond acceptors (Lipinski definition) is 3. The second-order valence-corrected chi connectivity index (χ2v) is 6.33. The molecule has 1 aliphatic carbocycles. The Morgan fingerprint density at radius 3 is 2.57 bits per heavy atom. The van der Waals surface area contributed by atoms with E-state index in [-0.39, 0.29) is 0 Å². The average molecular weight is 291 g/mol. The number of ether oxygens (including phenoxy) is 2. The van der Waals surface area contributed by atoms with Gasteiger partial charge in [-0.25, -0.2) is 0 Å². The van der Waals surface area contributed by atoms with Crippen LogP contribution in [0.3, 0.4) is 0 Å². The lowest BCUT2D eigenvalue weighted by Crippen LogP contribution is -2.40. The van der Waals surface area contributed by atoms with Crippen molar-refractivity contribution in [3.8, 4) is 11.5 Å². The summed E-state index contributed by atoms with van der Waals surface area (Å²) in [6.07, 6.45) is 5.36. The van der Waals surface area contributed by atoms with Crippen LogP contribution in [0, 0.1) is 11.8 Å². The van der Waals surface area contributed by atoms with Gasteiger partial charge in [0.2, 0.25) is 0 Å². The van der Waals surface area contributed by atoms with Crippen molar-refractivity contribution in [1.82, 2.24) is 5.32 Å². The van der Waals surface area contributed by atoms with Crippen molar-refractivity contribution in [2.45, 2.75) is 52.1 Å². The van der Waals surface area contributed by atoms with E-state index in [2.05, 4.69) is 25.2 Å². The monoisotopic (exact) mass is 291 g/mol. The third-order valence-electron chi connectivity index (χ3n) is 4.71. The number of methoxy groups -OCH3 is 2. The molecule has 2 unspecified atom stereocenters. The SMILES string of the molecule is COc1cccc(CNC2CCCCC2C(C)C)c1OC. The van der Waals surface area contributed by atoms with Crippen LogP contribution in [0.2, 0.25) is 0 Å². The minimum atomic E-state index is 0.620. The molecule has 3 nitrogen and oxygen atoms in total. The predicted octanol–water partition coefficient (Wildman–Crippen LogP) is 4.01. The van der Waals surface area contributed by atoms with E-state index in [0.29, 0.717) is 6.04 Å². The molecule has 0 radical (unpaired) electrons. The summed E-state index contributed by atoms with van der Waals surface area (Å²) < 4.78 is 10.9. The Labute approximate surface area is 129 Å². The van der Waals surface area contributed by atoms with E-state index in [0.717, 1.165) is 29.9 Å². The quantitative estimate of drug-likeness (QED) is 0.859. The van der Waals surface area contributed by atoms with E-state index in [9.17, 15) is 0 Å². The molecule has 2 rings (SSSR count). The average Bonchev–Trinajstić information content (AvgIpc) is 2.52. The molecule has 0 heterocycles. The summed E-state index contributed by atoms with van der Waals surface area (Å²) >= 11 is 0. The molecule has 1 N–H and O–H groups in total. The molecule has 2 atom stereocenters. The van der Waals surface area contributed by atoms with Gasteiger partial charge in [0.05, 0.1) is 14.2 Å². The second-order valence-electron chi connectivity index (χ2n) is 6.33. The van der Waals surface area contributed by atoms with E-state index >= 15 is 0 Å². The Morgan fingerprint density at radius 1 is 1.14 bits per heavy atom. The van der Waals surface area contributed by atoms with Crippen molar-refractivity contribution in [3.05, 3.63) is 23.8 Å². The van der Waals surface area contributed by atoms with E-state index in [1.54, 1.807) is 14.2 Å². The molecule has 0 bridgehead atoms. The largest absolute Gasteiger partial charge is 0.493 e. The Morgan fingerprint density at radius 2 is 1.90 bits per heavy atom. The summed E-state index contributed by atoms with van der Waals surface area (Å²) in [7, 11) is 3.39. The Balaban J connectivity index is 2.05. The number of hydrogen-bond donors (Lipinski definition) is 1. The lowest BCUT2D eigenvalue weighted by atomic mass is 9.78. The van der Waals surface area contributed by atoms with Gasteiger partial charge < -0.3 is 14.8 Å². The second kappa shape index (κ2) is 7.69. The summed E-state index contributed by atoms with van der Waals surface area (Å²) in [5.41, 5.74) is 1.17. The molecule has 0 amide bonds. The van der Waals surface area contributed by atoms with Gasteiger partial charge in [-0.3, -0.25) is 0 Å². The molecule has 0 spiro atoms. The Hall–Kier alpha value is -1.22. The van der Waals surface area contributed by atoms with Crippen LogP contribution in [0.25, 0.3) is 0 Å². The van der Waals surface area contributed by atoms with Gasteiger partial charge in [-0.15, -0.1) is 0 Å². The van der Waals surface area contributed by atoms with Gasteiger partial charge in [0.15, 0.2) is 11.5 Å². The van der Waals surface area contributed by atoms with Gasteiger partial charge in [-0.05, 0) is 30.7 Å². The third-order valence-corrected chi connectivity index (χ3v) is 4.71. The number of benzene rings is 1. The number of nitrogens with one attached hydrogen (secondary N) is 1. The molecule has 1 aromatic rings. The van der Waals surface area contributed by atoms with Crippen LogP contribution >= 0.6 is 0 Å². The maximum atomic E-state index is 5.52. The van der Waals surface area contributed by atoms with Gasteiger partial charge in [-0.1, -0.05) is 38.8 Å². The van der Waals surface area contributed by atoms with Crippen molar-refractivity contribution >= 4 is 0 Å². The lowest BCUT2D eigenvalue weighted by molar-refractivity contribution is 0.204. The smallest absolute Gasteiger partial charge is 0.165 e. The molecule has 0 saturated heterocycles. The van der Waals surface area contributed by atoms with Gasteiger partial charge in [0.1, 0.15) is 0 Å². The maximum absolute atomic E-state index is 5.52. The highest BCUT2D eigenvalue weighted by Gasteiger charge is 2.27. The van der Waals surface area contributed by atoms with Crippen molar-refractivity contribution in [2.24, 2.45) is 11.8 Å². The Kier molecular flexibility index (Phi) is 5.92. The van der Waals surface area contributed by atoms with Gasteiger partial charge >= 0.3 is 0 Å². The first-order chi connectivity index (χ1) is 10.2. The fraction of sp³-hybridized carbons (Fsp3) is 0.667. The van der Waals surface area contributed by atoms with Crippen molar-refractivity contribution < 1.29 is 9.47 Å². The standard InChI is InChI=1S/C18H29NO2/c1-13(2)15-9-5-6-10-16(15)19-12-14-8-7-11-17(20-3)18(14)21-4/h7-8,11,13,15-16,19H,5-6,9-10,12H2,1-4H3. The minimum Gasteiger partial charge on any atom is -0.493 e. The zero-order chi connectivity index (χ0) is 15.2. The van der Waals surface area contributed by atoms with Crippen LogP contribution in [-0.2, 0) is 6.54 Å². The normalized spacial score (nSPS) is 22.3. The number of para-hydroxylation sites is 1. The van der Waals surface area contributed by atoms with Gasteiger partial charge in [0, 0.05) is 18.2 Å². The van der Waals surface area contributed by atoms with Crippen LogP contribution in [0.5, 0.6) is 11.5 Å². The molecule has 0 aliphatic heterocycles. The number of rotatable bonds is 6. The van der Waals surface area contributed by atoms with Crippen LogP contribution in [-0.4, -0.2) is 20.3 Å². The zero-order valence-corrected chi connectivity index (χ0v) is 13.8. The van der Waals surface area contributed by atoms with Gasteiger partial charge in [0.25, 0.3) is 0 Å². The molecule has 1 saturated carbocycles. The summed E-state index contributed by atoms with van der Waals surface area (Å²) in [4.78, 5) is 0. The third kappa shape index (κ3) is 3.91. The van der Waals surface area contributed by atoms with Crippen molar-refractivity contribution in [2.75, 3.05) is 14.2 Å². The Bertz CT molecular complexity index is 445. The topological polar surface area (TPSA) is 30.5 Å². The van der Waals surface area contributed by atoms with E-state index in [4.69, 9.17) is 9.47 Å². The van der Waals surface area contributed by atoms with Crippen molar-refractivity contribution in [1.29, 1.82) is 0 Å². The molecule has 3 heteroatoms. The lowest BCUT2D eigenvalue weighted by Gasteiger charge is -2.35. The van der Waals surface area contributed by atoms with Crippen LogP contribution < -0.4 is 14.8 Å². The van der Waals surface area contributed by atoms with E-state index < -0.39 is 0 Å². The summed E-state index contributed by atoms with van der Waals surface area (Å²) in [6, 6.07) is 6.70. The highest BCUT2D eigenvalue weighted by atomic mass is 16.5. The zero-order valence-electron chi connectivity index (χ0n) is 13.8. The maximum Gasteiger partial charge on any atom is 0.165 e. The summed E-state index contributed by atoms with van der Waals surface area (Å²) in [5.74, 6) is 3.19. The summed E-state index contributed by atoms with van der Waals surface area (Å²) in [5, 5.41) is 3.76. The fourth-order valence-electron chi connectivity index (χ4n) is 3.54. The van der Waals surface area contributed by atoms with Gasteiger partial charge in [-0.2, -0.15) is 0 Å². The van der Waals surface area contributed by atoms with Crippen LogP contribution in [0.1, 0.15) is 45.1 Å². The minimum absolute atomic E-state index is 0.620. The van der Waals surface area contributed by atoms with Crippen LogP contribution in [0.15, 0.2) is 18.2 Å². The summed E-state index contributed by atoms with van der Waals surface area (Å²) in [6.45, 7) is 5.53. The molecule has 1 fully saturated rings. The first-order valence-corrected chi connectivity index (χ1v) is 8.10. The first-order valence-electron chi connectivity index (χ1n) is 8.10.